The zero-order chi connectivity index (χ0) is 19.1. The van der Waals surface area contributed by atoms with Crippen molar-refractivity contribution in [1.29, 1.82) is 0 Å². The van der Waals surface area contributed by atoms with Gasteiger partial charge in [0.2, 0.25) is 0 Å². The fourth-order valence-electron chi connectivity index (χ4n) is 3.32. The summed E-state index contributed by atoms with van der Waals surface area (Å²) >= 11 is 0. The number of para-hydroxylation sites is 2. The summed E-state index contributed by atoms with van der Waals surface area (Å²) in [6.45, 7) is 2.54. The molecule has 3 rings (SSSR count). The summed E-state index contributed by atoms with van der Waals surface area (Å²) in [5.74, 6) is 2.02. The fraction of sp³-hybridized carbons (Fsp3) is 0.409. The van der Waals surface area contributed by atoms with E-state index in [1.807, 2.05) is 36.4 Å². The van der Waals surface area contributed by atoms with E-state index in [1.54, 1.807) is 14.0 Å². The molecule has 1 aliphatic rings. The van der Waals surface area contributed by atoms with Gasteiger partial charge in [-0.15, -0.1) is 0 Å². The molecule has 1 atom stereocenters. The molecule has 1 aliphatic carbocycles. The second-order valence-corrected chi connectivity index (χ2v) is 6.65. The number of amides is 1. The minimum absolute atomic E-state index is 0.146. The number of nitrogens with one attached hydrogen (secondary N) is 1. The smallest absolute Gasteiger partial charge is 0.260 e. The summed E-state index contributed by atoms with van der Waals surface area (Å²) in [5, 5.41) is 2.86. The van der Waals surface area contributed by atoms with Crippen molar-refractivity contribution in [1.82, 2.24) is 5.32 Å². The third-order valence-corrected chi connectivity index (χ3v) is 4.75. The molecular formula is C22H27NO4. The molecule has 0 spiro atoms. The average Bonchev–Trinajstić information content (AvgIpc) is 2.71. The van der Waals surface area contributed by atoms with Crippen LogP contribution >= 0.6 is 0 Å². The molecule has 1 N–H and O–H groups in total. The first kappa shape index (κ1) is 19.1. The second-order valence-electron chi connectivity index (χ2n) is 6.65. The van der Waals surface area contributed by atoms with Gasteiger partial charge in [-0.3, -0.25) is 4.79 Å². The maximum absolute atomic E-state index is 12.3. The summed E-state index contributed by atoms with van der Waals surface area (Å²) in [6, 6.07) is 13.6. The Balaban J connectivity index is 1.47. The van der Waals surface area contributed by atoms with Crippen LogP contribution in [0, 0.1) is 0 Å². The molecule has 2 aromatic rings. The average molecular weight is 369 g/mol. The zero-order valence-corrected chi connectivity index (χ0v) is 16.0. The van der Waals surface area contributed by atoms with Gasteiger partial charge in [0.15, 0.2) is 17.6 Å². The third kappa shape index (κ3) is 4.94. The highest BCUT2D eigenvalue weighted by Crippen LogP contribution is 2.30. The van der Waals surface area contributed by atoms with Crippen LogP contribution < -0.4 is 19.5 Å². The number of carbonyl (C=O) groups excluding carboxylic acids is 1. The van der Waals surface area contributed by atoms with Gasteiger partial charge in [0.05, 0.1) is 13.7 Å². The van der Waals surface area contributed by atoms with Crippen molar-refractivity contribution in [2.45, 2.75) is 38.7 Å². The van der Waals surface area contributed by atoms with Gasteiger partial charge < -0.3 is 19.5 Å². The lowest BCUT2D eigenvalue weighted by Gasteiger charge is -2.22. The predicted molar refractivity (Wildman–Crippen MR) is 105 cm³/mol. The lowest BCUT2D eigenvalue weighted by atomic mass is 9.91. The Hall–Kier alpha value is -2.69. The van der Waals surface area contributed by atoms with Crippen LogP contribution in [0.25, 0.3) is 0 Å². The van der Waals surface area contributed by atoms with E-state index in [1.165, 1.54) is 24.0 Å². The van der Waals surface area contributed by atoms with Crippen LogP contribution in [0.1, 0.15) is 30.9 Å². The number of ether oxygens (including phenoxy) is 3. The van der Waals surface area contributed by atoms with Gasteiger partial charge in [-0.05, 0) is 61.9 Å². The molecule has 5 heteroatoms. The maximum atomic E-state index is 12.3. The summed E-state index contributed by atoms with van der Waals surface area (Å²) in [5.41, 5.74) is 2.60. The van der Waals surface area contributed by atoms with Gasteiger partial charge in [0.1, 0.15) is 12.4 Å². The van der Waals surface area contributed by atoms with Crippen LogP contribution in [0.4, 0.5) is 0 Å². The molecule has 5 nitrogen and oxygen atoms in total. The molecule has 0 radical (unpaired) electrons. The molecule has 144 valence electrons. The van der Waals surface area contributed by atoms with Crippen molar-refractivity contribution in [2.24, 2.45) is 0 Å². The molecule has 0 aromatic heterocycles. The molecule has 0 aliphatic heterocycles. The Bertz CT molecular complexity index is 775. The normalized spacial score (nSPS) is 14.0. The highest BCUT2D eigenvalue weighted by Gasteiger charge is 2.19. The largest absolute Gasteiger partial charge is 0.493 e. The highest BCUT2D eigenvalue weighted by molar-refractivity contribution is 5.80. The first-order valence-corrected chi connectivity index (χ1v) is 9.50. The fourth-order valence-corrected chi connectivity index (χ4v) is 3.32. The molecular weight excluding hydrogens is 342 g/mol. The monoisotopic (exact) mass is 369 g/mol. The summed E-state index contributed by atoms with van der Waals surface area (Å²) < 4.78 is 16.9. The molecule has 2 aromatic carbocycles. The molecule has 0 saturated heterocycles. The van der Waals surface area contributed by atoms with Crippen LogP contribution in [0.2, 0.25) is 0 Å². The van der Waals surface area contributed by atoms with Crippen molar-refractivity contribution in [2.75, 3.05) is 20.3 Å². The summed E-state index contributed by atoms with van der Waals surface area (Å²) in [4.78, 5) is 12.3. The van der Waals surface area contributed by atoms with E-state index in [9.17, 15) is 4.79 Å². The van der Waals surface area contributed by atoms with Crippen LogP contribution in [0.15, 0.2) is 42.5 Å². The maximum Gasteiger partial charge on any atom is 0.260 e. The number of hydrogen-bond acceptors (Lipinski definition) is 4. The van der Waals surface area contributed by atoms with Crippen LogP contribution in [-0.2, 0) is 17.6 Å². The molecule has 27 heavy (non-hydrogen) atoms. The second kappa shape index (κ2) is 9.31. The number of benzene rings is 2. The van der Waals surface area contributed by atoms with E-state index in [4.69, 9.17) is 14.2 Å². The molecule has 0 bridgehead atoms. The summed E-state index contributed by atoms with van der Waals surface area (Å²) in [6.07, 6.45) is 3.96. The van der Waals surface area contributed by atoms with Gasteiger partial charge in [0.25, 0.3) is 5.91 Å². The van der Waals surface area contributed by atoms with E-state index in [0.717, 1.165) is 18.6 Å². The van der Waals surface area contributed by atoms with Crippen molar-refractivity contribution in [3.63, 3.8) is 0 Å². The number of aryl methyl sites for hydroxylation is 1. The Morgan fingerprint density at radius 3 is 2.59 bits per heavy atom. The SMILES string of the molecule is COc1ccccc1OCCNC(=O)[C@@H](C)Oc1cccc2c1CCCC2. The Morgan fingerprint density at radius 2 is 1.78 bits per heavy atom. The quantitative estimate of drug-likeness (QED) is 0.723. The topological polar surface area (TPSA) is 56.8 Å². The molecule has 0 heterocycles. The van der Waals surface area contributed by atoms with Crippen LogP contribution in [-0.4, -0.2) is 32.3 Å². The highest BCUT2D eigenvalue weighted by atomic mass is 16.5. The number of fused-ring (bicyclic) bond motifs is 1. The van der Waals surface area contributed by atoms with Crippen molar-refractivity contribution < 1.29 is 19.0 Å². The van der Waals surface area contributed by atoms with E-state index < -0.39 is 6.10 Å². The molecule has 0 unspecified atom stereocenters. The van der Waals surface area contributed by atoms with Gasteiger partial charge in [-0.2, -0.15) is 0 Å². The predicted octanol–water partition coefficient (Wildman–Crippen LogP) is 3.54. The van der Waals surface area contributed by atoms with E-state index in [-0.39, 0.29) is 5.91 Å². The van der Waals surface area contributed by atoms with Gasteiger partial charge in [-0.25, -0.2) is 0 Å². The lowest BCUT2D eigenvalue weighted by molar-refractivity contribution is -0.127. The van der Waals surface area contributed by atoms with Crippen LogP contribution in [0.3, 0.4) is 0 Å². The Morgan fingerprint density at radius 1 is 1.04 bits per heavy atom. The standard InChI is InChI=1S/C22H27NO4/c1-16(27-19-13-7-9-17-8-3-4-10-18(17)19)22(24)23-14-15-26-21-12-6-5-11-20(21)25-2/h5-7,9,11-13,16H,3-4,8,10,14-15H2,1-2H3,(H,23,24)/t16-/m1/s1. The van der Waals surface area contributed by atoms with Crippen molar-refractivity contribution >= 4 is 5.91 Å². The first-order valence-electron chi connectivity index (χ1n) is 9.50. The Kier molecular flexibility index (Phi) is 6.58. The van der Waals surface area contributed by atoms with E-state index in [2.05, 4.69) is 11.4 Å². The lowest BCUT2D eigenvalue weighted by Crippen LogP contribution is -2.38. The molecule has 0 saturated carbocycles. The number of rotatable bonds is 8. The minimum atomic E-state index is -0.551. The number of carbonyl (C=O) groups is 1. The zero-order valence-electron chi connectivity index (χ0n) is 16.0. The van der Waals surface area contributed by atoms with E-state index in [0.29, 0.717) is 24.7 Å². The van der Waals surface area contributed by atoms with Crippen molar-refractivity contribution in [3.05, 3.63) is 53.6 Å². The number of hydrogen-bond donors (Lipinski definition) is 1. The van der Waals surface area contributed by atoms with Gasteiger partial charge in [0, 0.05) is 0 Å². The minimum Gasteiger partial charge on any atom is -0.493 e. The summed E-state index contributed by atoms with van der Waals surface area (Å²) in [7, 11) is 1.60. The van der Waals surface area contributed by atoms with Gasteiger partial charge >= 0.3 is 0 Å². The third-order valence-electron chi connectivity index (χ3n) is 4.75. The van der Waals surface area contributed by atoms with Gasteiger partial charge in [-0.1, -0.05) is 24.3 Å². The Labute approximate surface area is 160 Å². The van der Waals surface area contributed by atoms with E-state index >= 15 is 0 Å². The van der Waals surface area contributed by atoms with Crippen LogP contribution in [0.5, 0.6) is 17.2 Å². The van der Waals surface area contributed by atoms with Crippen molar-refractivity contribution in [3.8, 4) is 17.2 Å². The molecule has 1 amide bonds. The first-order chi connectivity index (χ1) is 13.2. The molecule has 0 fully saturated rings. The number of methoxy groups -OCH3 is 1.